The quantitative estimate of drug-likeness (QED) is 0.782. The highest BCUT2D eigenvalue weighted by molar-refractivity contribution is 7.89. The second kappa shape index (κ2) is 5.59. The topological polar surface area (TPSA) is 83.6 Å². The Morgan fingerprint density at radius 3 is 2.53 bits per heavy atom. The average Bonchev–Trinajstić information content (AvgIpc) is 2.28. The van der Waals surface area contributed by atoms with Crippen LogP contribution in [0.15, 0.2) is 23.1 Å². The van der Waals surface area contributed by atoms with Gasteiger partial charge in [0.05, 0.1) is 11.5 Å². The number of aliphatic hydroxyl groups is 1. The van der Waals surface area contributed by atoms with Gasteiger partial charge in [0, 0.05) is 20.1 Å². The normalized spacial score (nSPS) is 12.1. The SMILES string of the molecule is Cc1cc(CN)ccc1S(=O)(=O)N(C)CCO. The summed E-state index contributed by atoms with van der Waals surface area (Å²) in [6.45, 7) is 2.00. The highest BCUT2D eigenvalue weighted by Gasteiger charge is 2.22. The number of hydrogen-bond donors (Lipinski definition) is 2. The van der Waals surface area contributed by atoms with Crippen LogP contribution < -0.4 is 5.73 Å². The molecule has 1 rings (SSSR count). The summed E-state index contributed by atoms with van der Waals surface area (Å²) < 4.78 is 25.4. The zero-order chi connectivity index (χ0) is 13.1. The van der Waals surface area contributed by atoms with Gasteiger partial charge in [0.25, 0.3) is 0 Å². The van der Waals surface area contributed by atoms with Crippen LogP contribution in [0.4, 0.5) is 0 Å². The number of likely N-dealkylation sites (N-methyl/N-ethyl adjacent to an activating group) is 1. The Labute approximate surface area is 102 Å². The van der Waals surface area contributed by atoms with Crippen molar-refractivity contribution in [3.63, 3.8) is 0 Å². The van der Waals surface area contributed by atoms with Crippen LogP contribution in [-0.4, -0.2) is 38.0 Å². The van der Waals surface area contributed by atoms with Crippen LogP contribution in [0, 0.1) is 6.92 Å². The van der Waals surface area contributed by atoms with Crippen molar-refractivity contribution < 1.29 is 13.5 Å². The molecule has 0 aliphatic rings. The van der Waals surface area contributed by atoms with Gasteiger partial charge >= 0.3 is 0 Å². The monoisotopic (exact) mass is 258 g/mol. The minimum absolute atomic E-state index is 0.0837. The fraction of sp³-hybridized carbons (Fsp3) is 0.455. The molecule has 0 saturated heterocycles. The number of nitrogens with zero attached hydrogens (tertiary/aromatic N) is 1. The Bertz CT molecular complexity index is 485. The molecule has 0 unspecified atom stereocenters. The number of benzene rings is 1. The van der Waals surface area contributed by atoms with Crippen molar-refractivity contribution in [3.8, 4) is 0 Å². The molecule has 3 N–H and O–H groups in total. The summed E-state index contributed by atoms with van der Waals surface area (Å²) in [5.41, 5.74) is 7.05. The molecule has 0 saturated carbocycles. The van der Waals surface area contributed by atoms with Crippen molar-refractivity contribution in [3.05, 3.63) is 29.3 Å². The van der Waals surface area contributed by atoms with E-state index in [-0.39, 0.29) is 18.0 Å². The summed E-state index contributed by atoms with van der Waals surface area (Å²) in [4.78, 5) is 0.255. The predicted octanol–water partition coefficient (Wildman–Crippen LogP) is 0.0665. The van der Waals surface area contributed by atoms with E-state index in [4.69, 9.17) is 10.8 Å². The Morgan fingerprint density at radius 2 is 2.06 bits per heavy atom. The first-order valence-electron chi connectivity index (χ1n) is 5.30. The second-order valence-corrected chi connectivity index (χ2v) is 5.87. The second-order valence-electron chi connectivity index (χ2n) is 3.85. The van der Waals surface area contributed by atoms with Gasteiger partial charge in [-0.1, -0.05) is 12.1 Å². The first-order chi connectivity index (χ1) is 7.93. The molecular weight excluding hydrogens is 240 g/mol. The molecule has 96 valence electrons. The molecule has 0 spiro atoms. The molecule has 0 bridgehead atoms. The van der Waals surface area contributed by atoms with E-state index in [1.54, 1.807) is 25.1 Å². The van der Waals surface area contributed by atoms with Crippen LogP contribution in [0.1, 0.15) is 11.1 Å². The molecule has 5 nitrogen and oxygen atoms in total. The third kappa shape index (κ3) is 3.04. The molecule has 0 aliphatic heterocycles. The summed E-state index contributed by atoms with van der Waals surface area (Å²) in [6.07, 6.45) is 0. The lowest BCUT2D eigenvalue weighted by Gasteiger charge is -2.17. The largest absolute Gasteiger partial charge is 0.395 e. The fourth-order valence-corrected chi connectivity index (χ4v) is 2.92. The molecule has 0 radical (unpaired) electrons. The maximum absolute atomic E-state index is 12.1. The van der Waals surface area contributed by atoms with E-state index < -0.39 is 10.0 Å². The third-order valence-corrected chi connectivity index (χ3v) is 4.60. The molecule has 0 atom stereocenters. The molecule has 0 heterocycles. The average molecular weight is 258 g/mol. The molecule has 1 aromatic carbocycles. The molecule has 1 aromatic rings. The minimum Gasteiger partial charge on any atom is -0.395 e. The summed E-state index contributed by atoms with van der Waals surface area (Å²) in [5.74, 6) is 0. The third-order valence-electron chi connectivity index (χ3n) is 2.58. The van der Waals surface area contributed by atoms with Crippen LogP contribution in [-0.2, 0) is 16.6 Å². The molecule has 0 amide bonds. The van der Waals surface area contributed by atoms with Gasteiger partial charge in [-0.25, -0.2) is 8.42 Å². The number of hydrogen-bond acceptors (Lipinski definition) is 4. The van der Waals surface area contributed by atoms with Crippen LogP contribution in [0.2, 0.25) is 0 Å². The minimum atomic E-state index is -3.52. The fourth-order valence-electron chi connectivity index (χ4n) is 1.56. The lowest BCUT2D eigenvalue weighted by atomic mass is 10.1. The van der Waals surface area contributed by atoms with Crippen LogP contribution in [0.5, 0.6) is 0 Å². The molecule has 17 heavy (non-hydrogen) atoms. The van der Waals surface area contributed by atoms with E-state index in [0.717, 1.165) is 9.87 Å². The summed E-state index contributed by atoms with van der Waals surface area (Å²) >= 11 is 0. The van der Waals surface area contributed by atoms with Crippen molar-refractivity contribution in [2.75, 3.05) is 20.2 Å². The van der Waals surface area contributed by atoms with Crippen LogP contribution >= 0.6 is 0 Å². The number of nitrogens with two attached hydrogens (primary N) is 1. The van der Waals surface area contributed by atoms with E-state index in [0.29, 0.717) is 12.1 Å². The van der Waals surface area contributed by atoms with Gasteiger partial charge in [0.2, 0.25) is 10.0 Å². The van der Waals surface area contributed by atoms with E-state index in [1.807, 2.05) is 0 Å². The molecule has 6 heteroatoms. The smallest absolute Gasteiger partial charge is 0.243 e. The van der Waals surface area contributed by atoms with E-state index >= 15 is 0 Å². The number of aryl methyl sites for hydroxylation is 1. The maximum atomic E-state index is 12.1. The van der Waals surface area contributed by atoms with Crippen molar-refractivity contribution in [1.82, 2.24) is 4.31 Å². The van der Waals surface area contributed by atoms with E-state index in [9.17, 15) is 8.42 Å². The molecule has 0 fully saturated rings. The van der Waals surface area contributed by atoms with Gasteiger partial charge < -0.3 is 10.8 Å². The number of sulfonamides is 1. The lowest BCUT2D eigenvalue weighted by molar-refractivity contribution is 0.266. The van der Waals surface area contributed by atoms with Gasteiger partial charge in [-0.2, -0.15) is 4.31 Å². The maximum Gasteiger partial charge on any atom is 0.243 e. The van der Waals surface area contributed by atoms with Gasteiger partial charge in [-0.05, 0) is 24.1 Å². The zero-order valence-electron chi connectivity index (χ0n) is 10.0. The number of aliphatic hydroxyl groups excluding tert-OH is 1. The zero-order valence-corrected chi connectivity index (χ0v) is 10.9. The first kappa shape index (κ1) is 14.1. The number of rotatable bonds is 5. The lowest BCUT2D eigenvalue weighted by Crippen LogP contribution is -2.30. The van der Waals surface area contributed by atoms with Crippen LogP contribution in [0.25, 0.3) is 0 Å². The van der Waals surface area contributed by atoms with Gasteiger partial charge in [0.15, 0.2) is 0 Å². The predicted molar refractivity (Wildman–Crippen MR) is 66.0 cm³/mol. The summed E-state index contributed by atoms with van der Waals surface area (Å²) in [5, 5.41) is 8.78. The Kier molecular flexibility index (Phi) is 4.64. The summed E-state index contributed by atoms with van der Waals surface area (Å²) in [7, 11) is -2.08. The standard InChI is InChI=1S/C11H18N2O3S/c1-9-7-10(8-12)3-4-11(9)17(15,16)13(2)5-6-14/h3-4,7,14H,5-6,8,12H2,1-2H3. The summed E-state index contributed by atoms with van der Waals surface area (Å²) in [6, 6.07) is 5.02. The van der Waals surface area contributed by atoms with Crippen molar-refractivity contribution in [1.29, 1.82) is 0 Å². The van der Waals surface area contributed by atoms with Gasteiger partial charge in [-0.15, -0.1) is 0 Å². The van der Waals surface area contributed by atoms with Crippen LogP contribution in [0.3, 0.4) is 0 Å². The Balaban J connectivity index is 3.16. The Hall–Kier alpha value is -0.950. The highest BCUT2D eigenvalue weighted by atomic mass is 32.2. The van der Waals surface area contributed by atoms with Gasteiger partial charge in [-0.3, -0.25) is 0 Å². The van der Waals surface area contributed by atoms with Gasteiger partial charge in [0.1, 0.15) is 0 Å². The van der Waals surface area contributed by atoms with Crippen molar-refractivity contribution in [2.24, 2.45) is 5.73 Å². The molecule has 0 aromatic heterocycles. The first-order valence-corrected chi connectivity index (χ1v) is 6.74. The Morgan fingerprint density at radius 1 is 1.41 bits per heavy atom. The van der Waals surface area contributed by atoms with E-state index in [1.165, 1.54) is 7.05 Å². The van der Waals surface area contributed by atoms with Crippen molar-refractivity contribution >= 4 is 10.0 Å². The van der Waals surface area contributed by atoms with Crippen molar-refractivity contribution in [2.45, 2.75) is 18.4 Å². The molecular formula is C11H18N2O3S. The van der Waals surface area contributed by atoms with E-state index in [2.05, 4.69) is 0 Å². The molecule has 0 aliphatic carbocycles. The highest BCUT2D eigenvalue weighted by Crippen LogP contribution is 2.19.